The summed E-state index contributed by atoms with van der Waals surface area (Å²) in [6.07, 6.45) is -3.70. The van der Waals surface area contributed by atoms with E-state index in [1.807, 2.05) is 30.3 Å². The number of para-hydroxylation sites is 1. The monoisotopic (exact) mass is 387 g/mol. The summed E-state index contributed by atoms with van der Waals surface area (Å²) >= 11 is 0. The van der Waals surface area contributed by atoms with Crippen molar-refractivity contribution in [3.63, 3.8) is 0 Å². The molecular formula is C23H24F3NO. The Morgan fingerprint density at radius 3 is 2.18 bits per heavy atom. The molecule has 1 heterocycles. The Labute approximate surface area is 163 Å². The summed E-state index contributed by atoms with van der Waals surface area (Å²) < 4.78 is 42.0. The van der Waals surface area contributed by atoms with Crippen molar-refractivity contribution in [2.24, 2.45) is 5.41 Å². The summed E-state index contributed by atoms with van der Waals surface area (Å²) in [4.78, 5) is 4.20. The van der Waals surface area contributed by atoms with Gasteiger partial charge in [-0.1, -0.05) is 62.4 Å². The molecule has 28 heavy (non-hydrogen) atoms. The smallest absolute Gasteiger partial charge is 0.380 e. The minimum atomic E-state index is -4.74. The van der Waals surface area contributed by atoms with E-state index in [0.29, 0.717) is 22.9 Å². The molecule has 2 nitrogen and oxygen atoms in total. The Kier molecular flexibility index (Phi) is 5.48. The number of aliphatic hydroxyl groups is 1. The average molecular weight is 387 g/mol. The van der Waals surface area contributed by atoms with Gasteiger partial charge in [0.05, 0.1) is 5.52 Å². The molecule has 0 bridgehead atoms. The molecule has 0 aliphatic carbocycles. The van der Waals surface area contributed by atoms with Crippen LogP contribution in [-0.2, 0) is 12.8 Å². The predicted molar refractivity (Wildman–Crippen MR) is 105 cm³/mol. The highest BCUT2D eigenvalue weighted by Gasteiger charge is 2.55. The van der Waals surface area contributed by atoms with E-state index >= 15 is 0 Å². The quantitative estimate of drug-likeness (QED) is 0.586. The molecule has 148 valence electrons. The van der Waals surface area contributed by atoms with Gasteiger partial charge in [0.1, 0.15) is 0 Å². The van der Waals surface area contributed by atoms with E-state index in [-0.39, 0.29) is 0 Å². The lowest BCUT2D eigenvalue weighted by Crippen LogP contribution is -2.50. The Balaban J connectivity index is 1.92. The third-order valence-corrected chi connectivity index (χ3v) is 5.05. The first kappa shape index (κ1) is 20.3. The van der Waals surface area contributed by atoms with Crippen LogP contribution in [0.1, 0.15) is 31.4 Å². The normalized spacial score (nSPS) is 14.8. The first-order chi connectivity index (χ1) is 13.1. The van der Waals surface area contributed by atoms with Crippen molar-refractivity contribution in [1.82, 2.24) is 4.98 Å². The molecule has 0 amide bonds. The van der Waals surface area contributed by atoms with Crippen LogP contribution in [0.25, 0.3) is 10.9 Å². The van der Waals surface area contributed by atoms with Crippen LogP contribution in [-0.4, -0.2) is 21.9 Å². The lowest BCUT2D eigenvalue weighted by atomic mass is 9.73. The van der Waals surface area contributed by atoms with Gasteiger partial charge in [-0.3, -0.25) is 4.98 Å². The second-order valence-corrected chi connectivity index (χ2v) is 8.20. The van der Waals surface area contributed by atoms with Gasteiger partial charge in [-0.15, -0.1) is 0 Å². The van der Waals surface area contributed by atoms with Gasteiger partial charge in [-0.25, -0.2) is 0 Å². The zero-order valence-corrected chi connectivity index (χ0v) is 16.0. The molecule has 0 spiro atoms. The van der Waals surface area contributed by atoms with Crippen LogP contribution in [0, 0.1) is 5.41 Å². The van der Waals surface area contributed by atoms with Gasteiger partial charge in [0, 0.05) is 18.0 Å². The number of hydrogen-bond donors (Lipinski definition) is 1. The van der Waals surface area contributed by atoms with Crippen molar-refractivity contribution in [2.75, 3.05) is 0 Å². The highest BCUT2D eigenvalue weighted by Crippen LogP contribution is 2.43. The van der Waals surface area contributed by atoms with E-state index in [4.69, 9.17) is 0 Å². The molecule has 0 fully saturated rings. The molecule has 3 rings (SSSR count). The van der Waals surface area contributed by atoms with Gasteiger partial charge in [-0.05, 0) is 41.5 Å². The summed E-state index contributed by atoms with van der Waals surface area (Å²) in [6, 6.07) is 18.0. The molecule has 1 atom stereocenters. The van der Waals surface area contributed by atoms with Gasteiger partial charge in [0.2, 0.25) is 0 Å². The molecular weight excluding hydrogens is 363 g/mol. The third-order valence-electron chi connectivity index (χ3n) is 5.05. The number of benzene rings is 2. The maximum absolute atomic E-state index is 14.0. The number of nitrogens with zero attached hydrogens (tertiary/aromatic N) is 1. The van der Waals surface area contributed by atoms with Crippen molar-refractivity contribution in [3.05, 3.63) is 78.0 Å². The SMILES string of the molecule is CC(C)(Cc1ccccc1)CC(O)(Cc1ccnc2ccccc12)C(F)(F)F. The fourth-order valence-corrected chi connectivity index (χ4v) is 3.89. The molecule has 1 N–H and O–H groups in total. The number of pyridine rings is 1. The van der Waals surface area contributed by atoms with Crippen LogP contribution < -0.4 is 0 Å². The van der Waals surface area contributed by atoms with Crippen LogP contribution in [0.15, 0.2) is 66.9 Å². The fourth-order valence-electron chi connectivity index (χ4n) is 3.89. The minimum absolute atomic E-state index is 0.394. The van der Waals surface area contributed by atoms with Gasteiger partial charge in [0.25, 0.3) is 0 Å². The minimum Gasteiger partial charge on any atom is -0.380 e. The van der Waals surface area contributed by atoms with Gasteiger partial charge in [-0.2, -0.15) is 13.2 Å². The first-order valence-corrected chi connectivity index (χ1v) is 9.25. The number of hydrogen-bond acceptors (Lipinski definition) is 2. The molecule has 0 aliphatic rings. The van der Waals surface area contributed by atoms with E-state index in [2.05, 4.69) is 4.98 Å². The van der Waals surface area contributed by atoms with Crippen LogP contribution in [0.4, 0.5) is 13.2 Å². The summed E-state index contributed by atoms with van der Waals surface area (Å²) in [6.45, 7) is 3.53. The van der Waals surface area contributed by atoms with Gasteiger partial charge < -0.3 is 5.11 Å². The van der Waals surface area contributed by atoms with Gasteiger partial charge in [0.15, 0.2) is 5.60 Å². The third kappa shape index (κ3) is 4.53. The van der Waals surface area contributed by atoms with E-state index in [1.54, 1.807) is 44.2 Å². The Hall–Kier alpha value is -2.40. The molecule has 5 heteroatoms. The van der Waals surface area contributed by atoms with Crippen molar-refractivity contribution in [1.29, 1.82) is 0 Å². The number of alkyl halides is 3. The van der Waals surface area contributed by atoms with Crippen LogP contribution in [0.5, 0.6) is 0 Å². The van der Waals surface area contributed by atoms with E-state index in [0.717, 1.165) is 5.56 Å². The highest BCUT2D eigenvalue weighted by molar-refractivity contribution is 5.81. The summed E-state index contributed by atoms with van der Waals surface area (Å²) in [5.41, 5.74) is -1.55. The average Bonchev–Trinajstić information content (AvgIpc) is 2.61. The van der Waals surface area contributed by atoms with E-state index < -0.39 is 30.0 Å². The van der Waals surface area contributed by atoms with Crippen molar-refractivity contribution < 1.29 is 18.3 Å². The predicted octanol–water partition coefficient (Wildman–Crippen LogP) is 5.73. The maximum Gasteiger partial charge on any atom is 0.417 e. The van der Waals surface area contributed by atoms with Crippen molar-refractivity contribution in [2.45, 2.75) is 44.9 Å². The lowest BCUT2D eigenvalue weighted by Gasteiger charge is -2.38. The van der Waals surface area contributed by atoms with Crippen LogP contribution >= 0.6 is 0 Å². The lowest BCUT2D eigenvalue weighted by molar-refractivity contribution is -0.269. The van der Waals surface area contributed by atoms with Crippen molar-refractivity contribution in [3.8, 4) is 0 Å². The van der Waals surface area contributed by atoms with E-state index in [9.17, 15) is 18.3 Å². The van der Waals surface area contributed by atoms with Crippen molar-refractivity contribution >= 4 is 10.9 Å². The molecule has 0 saturated heterocycles. The second-order valence-electron chi connectivity index (χ2n) is 8.20. The molecule has 0 radical (unpaired) electrons. The summed E-state index contributed by atoms with van der Waals surface area (Å²) in [7, 11) is 0. The molecule has 0 aliphatic heterocycles. The number of fused-ring (bicyclic) bond motifs is 1. The van der Waals surface area contributed by atoms with Crippen LogP contribution in [0.3, 0.4) is 0 Å². The van der Waals surface area contributed by atoms with Gasteiger partial charge >= 0.3 is 6.18 Å². The number of rotatable bonds is 6. The Bertz CT molecular complexity index is 932. The number of halogens is 3. The molecule has 0 saturated carbocycles. The molecule has 1 aromatic heterocycles. The standard InChI is InChI=1S/C23H24F3NO/c1-21(2,14-17-8-4-3-5-9-17)16-22(28,23(24,25)26)15-18-12-13-27-20-11-7-6-10-19(18)20/h3-13,28H,14-16H2,1-2H3. The highest BCUT2D eigenvalue weighted by atomic mass is 19.4. The fraction of sp³-hybridized carbons (Fsp3) is 0.348. The summed E-state index contributed by atoms with van der Waals surface area (Å²) in [5.74, 6) is 0. The molecule has 3 aromatic rings. The van der Waals surface area contributed by atoms with Crippen LogP contribution in [0.2, 0.25) is 0 Å². The summed E-state index contributed by atoms with van der Waals surface area (Å²) in [5, 5.41) is 11.5. The second kappa shape index (κ2) is 7.55. The number of aromatic nitrogens is 1. The largest absolute Gasteiger partial charge is 0.417 e. The zero-order chi connectivity index (χ0) is 20.4. The molecule has 2 aromatic carbocycles. The Morgan fingerprint density at radius 2 is 1.50 bits per heavy atom. The maximum atomic E-state index is 14.0. The topological polar surface area (TPSA) is 33.1 Å². The Morgan fingerprint density at radius 1 is 0.857 bits per heavy atom. The first-order valence-electron chi connectivity index (χ1n) is 9.25. The molecule has 1 unspecified atom stereocenters. The van der Waals surface area contributed by atoms with E-state index in [1.165, 1.54) is 6.20 Å². The zero-order valence-electron chi connectivity index (χ0n) is 16.0.